The maximum atomic E-state index is 12.3. The molecule has 0 atom stereocenters. The number of furan rings is 1. The molecule has 0 spiro atoms. The second-order valence-corrected chi connectivity index (χ2v) is 5.86. The van der Waals surface area contributed by atoms with Gasteiger partial charge in [0.15, 0.2) is 11.5 Å². The highest BCUT2D eigenvalue weighted by atomic mass is 35.5. The van der Waals surface area contributed by atoms with Crippen LogP contribution in [-0.4, -0.2) is 30.9 Å². The van der Waals surface area contributed by atoms with Crippen LogP contribution in [0, 0.1) is 0 Å². The van der Waals surface area contributed by atoms with E-state index >= 15 is 0 Å². The van der Waals surface area contributed by atoms with Crippen molar-refractivity contribution < 1.29 is 9.21 Å². The molecule has 0 aliphatic heterocycles. The van der Waals surface area contributed by atoms with Crippen LogP contribution in [0.2, 0.25) is 5.02 Å². The lowest BCUT2D eigenvalue weighted by molar-refractivity contribution is 0.102. The Kier molecular flexibility index (Phi) is 4.24. The van der Waals surface area contributed by atoms with Crippen LogP contribution in [0.4, 0.5) is 5.95 Å². The molecule has 4 rings (SSSR count). The SMILES string of the molecule is O=C(Nc1ncn(Cc2ccccc2Cl)n1)c1cc(-c2ccco2)[nH]n1. The summed E-state index contributed by atoms with van der Waals surface area (Å²) in [6.45, 7) is 0.452. The number of aromatic nitrogens is 5. The van der Waals surface area contributed by atoms with Crippen molar-refractivity contribution in [1.82, 2.24) is 25.0 Å². The number of halogens is 1. The Morgan fingerprint density at radius 1 is 1.27 bits per heavy atom. The fourth-order valence-electron chi connectivity index (χ4n) is 2.39. The summed E-state index contributed by atoms with van der Waals surface area (Å²) in [5.41, 5.74) is 1.73. The average Bonchev–Trinajstić information content (AvgIpc) is 3.38. The summed E-state index contributed by atoms with van der Waals surface area (Å²) < 4.78 is 6.85. The zero-order valence-corrected chi connectivity index (χ0v) is 14.1. The summed E-state index contributed by atoms with van der Waals surface area (Å²) in [6, 6.07) is 12.6. The maximum Gasteiger partial charge on any atom is 0.278 e. The fourth-order valence-corrected chi connectivity index (χ4v) is 2.59. The minimum Gasteiger partial charge on any atom is -0.463 e. The van der Waals surface area contributed by atoms with E-state index in [0.717, 1.165) is 5.56 Å². The van der Waals surface area contributed by atoms with Crippen molar-refractivity contribution in [2.24, 2.45) is 0 Å². The van der Waals surface area contributed by atoms with Gasteiger partial charge >= 0.3 is 0 Å². The van der Waals surface area contributed by atoms with Gasteiger partial charge in [0.2, 0.25) is 5.95 Å². The molecule has 4 aromatic rings. The van der Waals surface area contributed by atoms with Gasteiger partial charge in [0.05, 0.1) is 12.8 Å². The number of carbonyl (C=O) groups excluding carboxylic acids is 1. The molecule has 26 heavy (non-hydrogen) atoms. The molecule has 0 aliphatic carbocycles. The molecule has 0 saturated heterocycles. The van der Waals surface area contributed by atoms with Crippen molar-refractivity contribution in [3.8, 4) is 11.5 Å². The van der Waals surface area contributed by atoms with Crippen LogP contribution in [0.25, 0.3) is 11.5 Å². The number of rotatable bonds is 5. The lowest BCUT2D eigenvalue weighted by Crippen LogP contribution is -2.14. The van der Waals surface area contributed by atoms with Crippen molar-refractivity contribution in [3.63, 3.8) is 0 Å². The number of hydrogen-bond donors (Lipinski definition) is 2. The molecule has 0 radical (unpaired) electrons. The van der Waals surface area contributed by atoms with Crippen molar-refractivity contribution in [3.05, 3.63) is 71.3 Å². The molecule has 3 heterocycles. The Labute approximate surface area is 152 Å². The third kappa shape index (κ3) is 3.35. The number of nitrogens with one attached hydrogen (secondary N) is 2. The number of nitrogens with zero attached hydrogens (tertiary/aromatic N) is 4. The van der Waals surface area contributed by atoms with E-state index in [4.69, 9.17) is 16.0 Å². The Morgan fingerprint density at radius 3 is 2.96 bits per heavy atom. The summed E-state index contributed by atoms with van der Waals surface area (Å²) in [7, 11) is 0. The molecule has 0 fully saturated rings. The van der Waals surface area contributed by atoms with E-state index in [-0.39, 0.29) is 11.6 Å². The van der Waals surface area contributed by atoms with Crippen molar-refractivity contribution in [2.75, 3.05) is 5.32 Å². The van der Waals surface area contributed by atoms with E-state index in [1.54, 1.807) is 29.1 Å². The van der Waals surface area contributed by atoms with Gasteiger partial charge in [-0.2, -0.15) is 5.10 Å². The van der Waals surface area contributed by atoms with Gasteiger partial charge in [-0.1, -0.05) is 29.8 Å². The van der Waals surface area contributed by atoms with Gasteiger partial charge in [-0.3, -0.25) is 15.2 Å². The lowest BCUT2D eigenvalue weighted by atomic mass is 10.2. The minimum absolute atomic E-state index is 0.185. The zero-order chi connectivity index (χ0) is 17.9. The number of benzene rings is 1. The van der Waals surface area contributed by atoms with E-state index in [2.05, 4.69) is 25.6 Å². The number of amides is 1. The summed E-state index contributed by atoms with van der Waals surface area (Å²) in [4.78, 5) is 16.4. The second-order valence-electron chi connectivity index (χ2n) is 5.46. The number of anilines is 1. The first-order valence-corrected chi connectivity index (χ1v) is 8.10. The van der Waals surface area contributed by atoms with Crippen molar-refractivity contribution >= 4 is 23.5 Å². The van der Waals surface area contributed by atoms with Crippen LogP contribution < -0.4 is 5.32 Å². The van der Waals surface area contributed by atoms with E-state index in [1.807, 2.05) is 24.3 Å². The molecular formula is C17H13ClN6O2. The standard InChI is InChI=1S/C17H13ClN6O2/c18-12-5-2-1-4-11(12)9-24-10-19-17(23-24)20-16(25)14-8-13(21-22-14)15-6-3-7-26-15/h1-8,10H,9H2,(H,21,22)(H,20,23,25). The number of H-pyrrole nitrogens is 1. The van der Waals surface area contributed by atoms with Gasteiger partial charge in [0.25, 0.3) is 5.91 Å². The van der Waals surface area contributed by atoms with Crippen molar-refractivity contribution in [1.29, 1.82) is 0 Å². The van der Waals surface area contributed by atoms with Crippen LogP contribution in [0.1, 0.15) is 16.1 Å². The highest BCUT2D eigenvalue weighted by Gasteiger charge is 2.15. The van der Waals surface area contributed by atoms with Crippen LogP contribution in [0.3, 0.4) is 0 Å². The highest BCUT2D eigenvalue weighted by Crippen LogP contribution is 2.18. The minimum atomic E-state index is -0.422. The fraction of sp³-hybridized carbons (Fsp3) is 0.0588. The zero-order valence-electron chi connectivity index (χ0n) is 13.4. The van der Waals surface area contributed by atoms with Crippen LogP contribution in [0.5, 0.6) is 0 Å². The summed E-state index contributed by atoms with van der Waals surface area (Å²) in [5.74, 6) is 0.359. The molecular weight excluding hydrogens is 356 g/mol. The van der Waals surface area contributed by atoms with Gasteiger partial charge in [-0.25, -0.2) is 9.67 Å². The number of carbonyl (C=O) groups is 1. The monoisotopic (exact) mass is 368 g/mol. The van der Waals surface area contributed by atoms with E-state index in [0.29, 0.717) is 23.0 Å². The molecule has 2 N–H and O–H groups in total. The highest BCUT2D eigenvalue weighted by molar-refractivity contribution is 6.31. The molecule has 0 aliphatic rings. The first-order valence-electron chi connectivity index (χ1n) is 7.72. The molecule has 1 aromatic carbocycles. The first-order chi connectivity index (χ1) is 12.7. The Morgan fingerprint density at radius 2 is 2.15 bits per heavy atom. The molecule has 3 aromatic heterocycles. The van der Waals surface area contributed by atoms with Gasteiger partial charge in [-0.05, 0) is 23.8 Å². The molecule has 1 amide bonds. The molecule has 8 nitrogen and oxygen atoms in total. The Bertz CT molecular complexity index is 1040. The lowest BCUT2D eigenvalue weighted by Gasteiger charge is -2.03. The molecule has 0 bridgehead atoms. The first kappa shape index (κ1) is 16.1. The van der Waals surface area contributed by atoms with Crippen molar-refractivity contribution in [2.45, 2.75) is 6.54 Å². The third-order valence-electron chi connectivity index (χ3n) is 3.65. The number of aromatic amines is 1. The van der Waals surface area contributed by atoms with E-state index in [1.165, 1.54) is 6.33 Å². The largest absolute Gasteiger partial charge is 0.463 e. The smallest absolute Gasteiger partial charge is 0.278 e. The number of hydrogen-bond acceptors (Lipinski definition) is 5. The normalized spacial score (nSPS) is 10.8. The maximum absolute atomic E-state index is 12.3. The predicted molar refractivity (Wildman–Crippen MR) is 94.8 cm³/mol. The quantitative estimate of drug-likeness (QED) is 0.563. The van der Waals surface area contributed by atoms with Crippen LogP contribution in [0.15, 0.2) is 59.5 Å². The summed E-state index contributed by atoms with van der Waals surface area (Å²) >= 11 is 6.14. The molecule has 130 valence electrons. The third-order valence-corrected chi connectivity index (χ3v) is 4.02. The van der Waals surface area contributed by atoms with E-state index in [9.17, 15) is 4.79 Å². The molecule has 0 saturated carbocycles. The van der Waals surface area contributed by atoms with Crippen LogP contribution >= 0.6 is 11.6 Å². The summed E-state index contributed by atoms with van der Waals surface area (Å²) in [5, 5.41) is 14.2. The molecule has 9 heteroatoms. The Balaban J connectivity index is 1.44. The second kappa shape index (κ2) is 6.85. The van der Waals surface area contributed by atoms with Crippen LogP contribution in [-0.2, 0) is 6.54 Å². The van der Waals surface area contributed by atoms with Gasteiger partial charge in [0.1, 0.15) is 12.0 Å². The van der Waals surface area contributed by atoms with E-state index < -0.39 is 5.91 Å². The predicted octanol–water partition coefficient (Wildman–Crippen LogP) is 3.22. The van der Waals surface area contributed by atoms with Gasteiger partial charge < -0.3 is 4.42 Å². The van der Waals surface area contributed by atoms with Gasteiger partial charge in [-0.15, -0.1) is 5.10 Å². The van der Waals surface area contributed by atoms with Gasteiger partial charge in [0, 0.05) is 11.1 Å². The molecule has 0 unspecified atom stereocenters. The average molecular weight is 369 g/mol. The topological polar surface area (TPSA) is 102 Å². The summed E-state index contributed by atoms with van der Waals surface area (Å²) in [6.07, 6.45) is 3.07. The Hall–Kier alpha value is -3.39.